The minimum atomic E-state index is 0.619. The number of nitrogens with zero attached hydrogens (tertiary/aromatic N) is 1. The summed E-state index contributed by atoms with van der Waals surface area (Å²) in [6.07, 6.45) is 1.81. The van der Waals surface area contributed by atoms with E-state index in [-0.39, 0.29) is 0 Å². The number of aryl methyl sites for hydroxylation is 1. The summed E-state index contributed by atoms with van der Waals surface area (Å²) in [5.74, 6) is 1.50. The van der Waals surface area contributed by atoms with Gasteiger partial charge in [0.05, 0.1) is 19.2 Å². The monoisotopic (exact) mass is 277 g/mol. The fraction of sp³-hybridized carbons (Fsp3) is 0.438. The molecule has 1 aromatic carbocycles. The molecule has 4 heteroatoms. The van der Waals surface area contributed by atoms with E-state index in [1.165, 1.54) is 5.56 Å². The second kappa shape index (κ2) is 8.38. The number of methoxy groups -OCH3 is 2. The maximum atomic E-state index is 5.51. The molecule has 1 aromatic heterocycles. The van der Waals surface area contributed by atoms with Crippen molar-refractivity contribution in [2.24, 2.45) is 0 Å². The average Bonchev–Trinajstić information content (AvgIpc) is 2.47. The minimum Gasteiger partial charge on any atom is -0.493 e. The number of pyridine rings is 1. The maximum absolute atomic E-state index is 5.51. The lowest BCUT2D eigenvalue weighted by Crippen LogP contribution is -1.96. The van der Waals surface area contributed by atoms with Gasteiger partial charge in [0.15, 0.2) is 11.5 Å². The largest absolute Gasteiger partial charge is 0.493 e. The predicted octanol–water partition coefficient (Wildman–Crippen LogP) is 3.60. The van der Waals surface area contributed by atoms with Crippen molar-refractivity contribution < 1.29 is 14.2 Å². The molecule has 0 bridgehead atoms. The molecule has 0 saturated heterocycles. The third-order valence-corrected chi connectivity index (χ3v) is 2.83. The van der Waals surface area contributed by atoms with Crippen LogP contribution in [0.3, 0.4) is 0 Å². The molecule has 0 unspecified atom stereocenters. The molecule has 0 aliphatic heterocycles. The van der Waals surface area contributed by atoms with Gasteiger partial charge < -0.3 is 14.2 Å². The van der Waals surface area contributed by atoms with Crippen LogP contribution < -0.4 is 9.47 Å². The van der Waals surface area contributed by atoms with Crippen LogP contribution in [0, 0.1) is 6.92 Å². The van der Waals surface area contributed by atoms with E-state index in [0.29, 0.717) is 6.61 Å². The summed E-state index contributed by atoms with van der Waals surface area (Å²) in [5, 5.41) is 1.10. The van der Waals surface area contributed by atoms with Gasteiger partial charge in [-0.1, -0.05) is 0 Å². The Kier molecular flexibility index (Phi) is 6.81. The van der Waals surface area contributed by atoms with Crippen molar-refractivity contribution >= 4 is 10.9 Å². The number of hydrogen-bond acceptors (Lipinski definition) is 4. The fourth-order valence-corrected chi connectivity index (χ4v) is 1.72. The van der Waals surface area contributed by atoms with Gasteiger partial charge >= 0.3 is 0 Å². The van der Waals surface area contributed by atoms with E-state index < -0.39 is 0 Å². The van der Waals surface area contributed by atoms with Gasteiger partial charge in [-0.25, -0.2) is 0 Å². The standard InChI is InChI=1S/C13H15NO2.C3H8O/c1-4-16-13-8-11-10(7-12(13)15-3)9(2)5-6-14-11;1-3-4-2/h5-8H,4H2,1-3H3;3H2,1-2H3. The van der Waals surface area contributed by atoms with Gasteiger partial charge in [-0.15, -0.1) is 0 Å². The van der Waals surface area contributed by atoms with Crippen LogP contribution in [0.15, 0.2) is 24.4 Å². The van der Waals surface area contributed by atoms with Gasteiger partial charge in [0.2, 0.25) is 0 Å². The number of hydrogen-bond donors (Lipinski definition) is 0. The number of benzene rings is 1. The number of fused-ring (bicyclic) bond motifs is 1. The molecular weight excluding hydrogens is 254 g/mol. The second-order valence-electron chi connectivity index (χ2n) is 4.16. The zero-order valence-corrected chi connectivity index (χ0v) is 12.9. The average molecular weight is 277 g/mol. The van der Waals surface area contributed by atoms with Crippen molar-refractivity contribution in [3.05, 3.63) is 30.0 Å². The lowest BCUT2D eigenvalue weighted by atomic mass is 10.1. The summed E-state index contributed by atoms with van der Waals surface area (Å²) in [6.45, 7) is 7.41. The normalized spacial score (nSPS) is 9.85. The highest BCUT2D eigenvalue weighted by molar-refractivity contribution is 5.85. The van der Waals surface area contributed by atoms with E-state index in [0.717, 1.165) is 29.0 Å². The SMILES string of the molecule is CCOC.CCOc1cc2nccc(C)c2cc1OC. The summed E-state index contributed by atoms with van der Waals surface area (Å²) in [6, 6.07) is 5.88. The van der Waals surface area contributed by atoms with E-state index in [2.05, 4.69) is 16.6 Å². The summed E-state index contributed by atoms with van der Waals surface area (Å²) >= 11 is 0. The van der Waals surface area contributed by atoms with E-state index in [9.17, 15) is 0 Å². The molecule has 2 aromatic rings. The first kappa shape index (κ1) is 16.2. The van der Waals surface area contributed by atoms with Crippen LogP contribution in [-0.4, -0.2) is 32.4 Å². The molecule has 0 N–H and O–H groups in total. The van der Waals surface area contributed by atoms with Crippen LogP contribution in [0.2, 0.25) is 0 Å². The second-order valence-corrected chi connectivity index (χ2v) is 4.16. The molecule has 4 nitrogen and oxygen atoms in total. The molecule has 110 valence electrons. The summed E-state index contributed by atoms with van der Waals surface area (Å²) in [4.78, 5) is 4.32. The van der Waals surface area contributed by atoms with Crippen molar-refractivity contribution in [2.45, 2.75) is 20.8 Å². The molecule has 0 aliphatic carbocycles. The summed E-state index contributed by atoms with van der Waals surface area (Å²) in [7, 11) is 3.33. The van der Waals surface area contributed by atoms with Crippen LogP contribution in [0.4, 0.5) is 0 Å². The topological polar surface area (TPSA) is 40.6 Å². The Morgan fingerprint density at radius 2 is 1.75 bits per heavy atom. The Morgan fingerprint density at radius 3 is 2.30 bits per heavy atom. The summed E-state index contributed by atoms with van der Waals surface area (Å²) in [5.41, 5.74) is 2.12. The maximum Gasteiger partial charge on any atom is 0.163 e. The van der Waals surface area contributed by atoms with Crippen molar-refractivity contribution in [2.75, 3.05) is 27.4 Å². The molecular formula is C16H23NO3. The lowest BCUT2D eigenvalue weighted by Gasteiger charge is -2.11. The molecule has 2 rings (SSSR count). The van der Waals surface area contributed by atoms with Gasteiger partial charge in [0.25, 0.3) is 0 Å². The molecule has 0 atom stereocenters. The first-order valence-electron chi connectivity index (χ1n) is 6.72. The van der Waals surface area contributed by atoms with Gasteiger partial charge in [-0.3, -0.25) is 4.98 Å². The molecule has 0 spiro atoms. The van der Waals surface area contributed by atoms with Crippen LogP contribution >= 0.6 is 0 Å². The first-order chi connectivity index (χ1) is 9.67. The number of ether oxygens (including phenoxy) is 3. The Morgan fingerprint density at radius 1 is 1.05 bits per heavy atom. The third kappa shape index (κ3) is 4.10. The molecule has 20 heavy (non-hydrogen) atoms. The molecule has 0 fully saturated rings. The van der Waals surface area contributed by atoms with Crippen molar-refractivity contribution in [3.63, 3.8) is 0 Å². The first-order valence-corrected chi connectivity index (χ1v) is 6.72. The zero-order valence-electron chi connectivity index (χ0n) is 12.9. The molecule has 0 radical (unpaired) electrons. The van der Waals surface area contributed by atoms with Crippen LogP contribution in [0.1, 0.15) is 19.4 Å². The van der Waals surface area contributed by atoms with Crippen molar-refractivity contribution in [1.82, 2.24) is 4.98 Å². The molecule has 0 amide bonds. The minimum absolute atomic E-state index is 0.619. The van der Waals surface area contributed by atoms with Crippen LogP contribution in [0.25, 0.3) is 10.9 Å². The van der Waals surface area contributed by atoms with Crippen molar-refractivity contribution in [3.8, 4) is 11.5 Å². The Labute approximate surface area is 120 Å². The Hall–Kier alpha value is -1.81. The molecule has 0 aliphatic rings. The van der Waals surface area contributed by atoms with Crippen molar-refractivity contribution in [1.29, 1.82) is 0 Å². The highest BCUT2D eigenvalue weighted by Gasteiger charge is 2.08. The Bertz CT molecular complexity index is 538. The summed E-state index contributed by atoms with van der Waals surface area (Å²) < 4.78 is 15.4. The predicted molar refractivity (Wildman–Crippen MR) is 81.8 cm³/mol. The molecule has 0 saturated carbocycles. The van der Waals surface area contributed by atoms with Gasteiger partial charge in [0, 0.05) is 31.4 Å². The highest BCUT2D eigenvalue weighted by atomic mass is 16.5. The van der Waals surface area contributed by atoms with E-state index in [4.69, 9.17) is 9.47 Å². The van der Waals surface area contributed by atoms with Crippen LogP contribution in [-0.2, 0) is 4.74 Å². The fourth-order valence-electron chi connectivity index (χ4n) is 1.72. The van der Waals surface area contributed by atoms with E-state index in [1.807, 2.05) is 32.0 Å². The van der Waals surface area contributed by atoms with Crippen LogP contribution in [0.5, 0.6) is 11.5 Å². The number of rotatable bonds is 4. The van der Waals surface area contributed by atoms with Gasteiger partial charge in [-0.05, 0) is 38.5 Å². The highest BCUT2D eigenvalue weighted by Crippen LogP contribution is 2.32. The van der Waals surface area contributed by atoms with E-state index >= 15 is 0 Å². The Balaban J connectivity index is 0.000000444. The van der Waals surface area contributed by atoms with Gasteiger partial charge in [0.1, 0.15) is 0 Å². The zero-order chi connectivity index (χ0) is 15.0. The quantitative estimate of drug-likeness (QED) is 0.856. The molecule has 1 heterocycles. The van der Waals surface area contributed by atoms with Gasteiger partial charge in [-0.2, -0.15) is 0 Å². The van der Waals surface area contributed by atoms with E-state index in [1.54, 1.807) is 20.4 Å². The smallest absolute Gasteiger partial charge is 0.163 e. The number of aromatic nitrogens is 1. The lowest BCUT2D eigenvalue weighted by molar-refractivity contribution is 0.215. The third-order valence-electron chi connectivity index (χ3n) is 2.83.